The summed E-state index contributed by atoms with van der Waals surface area (Å²) in [4.78, 5) is 0. The van der Waals surface area contributed by atoms with E-state index in [1.54, 1.807) is 19.1 Å². The predicted molar refractivity (Wildman–Crippen MR) is 68.1 cm³/mol. The number of hydrogen-bond acceptors (Lipinski definition) is 1. The number of hydrogen-bond donors (Lipinski definition) is 1. The molecule has 1 nitrogen and oxygen atoms in total. The first-order valence-corrected chi connectivity index (χ1v) is 5.85. The summed E-state index contributed by atoms with van der Waals surface area (Å²) in [6.07, 6.45) is 0. The highest BCUT2D eigenvalue weighted by molar-refractivity contribution is 5.24. The Morgan fingerprint density at radius 1 is 0.944 bits per heavy atom. The van der Waals surface area contributed by atoms with Gasteiger partial charge in [-0.05, 0) is 41.8 Å². The number of halogens is 2. The Balaban J connectivity index is 1.90. The van der Waals surface area contributed by atoms with Crippen molar-refractivity contribution in [2.45, 2.75) is 20.0 Å². The fraction of sp³-hybridized carbons (Fsp3) is 0.200. The van der Waals surface area contributed by atoms with Crippen LogP contribution in [0.25, 0.3) is 0 Å². The van der Waals surface area contributed by atoms with E-state index in [1.807, 2.05) is 12.1 Å². The minimum absolute atomic E-state index is 0.191. The average molecular weight is 247 g/mol. The van der Waals surface area contributed by atoms with Crippen LogP contribution in [0.1, 0.15) is 16.7 Å². The third kappa shape index (κ3) is 3.37. The van der Waals surface area contributed by atoms with Crippen LogP contribution in [0, 0.1) is 18.6 Å². The topological polar surface area (TPSA) is 12.0 Å². The quantitative estimate of drug-likeness (QED) is 0.871. The van der Waals surface area contributed by atoms with E-state index in [9.17, 15) is 8.78 Å². The van der Waals surface area contributed by atoms with Crippen molar-refractivity contribution >= 4 is 0 Å². The van der Waals surface area contributed by atoms with E-state index >= 15 is 0 Å². The molecule has 0 aliphatic carbocycles. The van der Waals surface area contributed by atoms with Crippen molar-refractivity contribution in [2.24, 2.45) is 0 Å². The van der Waals surface area contributed by atoms with E-state index in [1.165, 1.54) is 18.2 Å². The third-order valence-electron chi connectivity index (χ3n) is 2.77. The molecule has 2 rings (SSSR count). The first kappa shape index (κ1) is 12.7. The van der Waals surface area contributed by atoms with E-state index < -0.39 is 0 Å². The van der Waals surface area contributed by atoms with E-state index in [2.05, 4.69) is 5.32 Å². The van der Waals surface area contributed by atoms with Crippen molar-refractivity contribution in [3.8, 4) is 0 Å². The van der Waals surface area contributed by atoms with Crippen LogP contribution in [0.2, 0.25) is 0 Å². The van der Waals surface area contributed by atoms with Crippen LogP contribution in [-0.4, -0.2) is 0 Å². The van der Waals surface area contributed by atoms with Gasteiger partial charge < -0.3 is 5.32 Å². The summed E-state index contributed by atoms with van der Waals surface area (Å²) in [5, 5.41) is 3.20. The van der Waals surface area contributed by atoms with Gasteiger partial charge in [-0.1, -0.05) is 24.3 Å². The molecule has 18 heavy (non-hydrogen) atoms. The lowest BCUT2D eigenvalue weighted by atomic mass is 10.1. The van der Waals surface area contributed by atoms with Crippen LogP contribution in [0.3, 0.4) is 0 Å². The minimum Gasteiger partial charge on any atom is -0.309 e. The molecule has 94 valence electrons. The Morgan fingerprint density at radius 3 is 2.33 bits per heavy atom. The summed E-state index contributed by atoms with van der Waals surface area (Å²) < 4.78 is 26.0. The molecular formula is C15H15F2N. The normalized spacial score (nSPS) is 10.6. The second-order valence-electron chi connectivity index (χ2n) is 4.32. The van der Waals surface area contributed by atoms with Gasteiger partial charge in [-0.15, -0.1) is 0 Å². The molecule has 0 saturated carbocycles. The van der Waals surface area contributed by atoms with Crippen molar-refractivity contribution in [3.05, 3.63) is 70.8 Å². The number of rotatable bonds is 4. The Kier molecular flexibility index (Phi) is 4.05. The molecule has 0 aliphatic heterocycles. The van der Waals surface area contributed by atoms with Gasteiger partial charge in [-0.25, -0.2) is 8.78 Å². The smallest absolute Gasteiger partial charge is 0.126 e. The predicted octanol–water partition coefficient (Wildman–Crippen LogP) is 3.56. The zero-order chi connectivity index (χ0) is 13.0. The van der Waals surface area contributed by atoms with E-state index in [4.69, 9.17) is 0 Å². The maximum atomic E-state index is 13.1. The molecule has 1 N–H and O–H groups in total. The second kappa shape index (κ2) is 5.74. The molecule has 0 heterocycles. The van der Waals surface area contributed by atoms with Gasteiger partial charge >= 0.3 is 0 Å². The first-order valence-electron chi connectivity index (χ1n) is 5.85. The SMILES string of the molecule is Cc1cc(CNCc2cccc(F)c2)ccc1F. The van der Waals surface area contributed by atoms with Crippen LogP contribution >= 0.6 is 0 Å². The molecule has 0 aliphatic rings. The monoisotopic (exact) mass is 247 g/mol. The van der Waals surface area contributed by atoms with Gasteiger partial charge in [0.15, 0.2) is 0 Å². The van der Waals surface area contributed by atoms with Crippen LogP contribution in [0.5, 0.6) is 0 Å². The fourth-order valence-corrected chi connectivity index (χ4v) is 1.81. The van der Waals surface area contributed by atoms with E-state index in [-0.39, 0.29) is 11.6 Å². The van der Waals surface area contributed by atoms with Gasteiger partial charge in [0.25, 0.3) is 0 Å². The Hall–Kier alpha value is -1.74. The van der Waals surface area contributed by atoms with Gasteiger partial charge in [-0.2, -0.15) is 0 Å². The molecule has 0 radical (unpaired) electrons. The molecule has 0 amide bonds. The second-order valence-corrected chi connectivity index (χ2v) is 4.32. The number of benzene rings is 2. The summed E-state index contributed by atoms with van der Waals surface area (Å²) in [6, 6.07) is 11.5. The lowest BCUT2D eigenvalue weighted by molar-refractivity contribution is 0.613. The van der Waals surface area contributed by atoms with E-state index in [0.717, 1.165) is 11.1 Å². The van der Waals surface area contributed by atoms with Crippen molar-refractivity contribution in [2.75, 3.05) is 0 Å². The summed E-state index contributed by atoms with van der Waals surface area (Å²) in [6.45, 7) is 2.97. The lowest BCUT2D eigenvalue weighted by Crippen LogP contribution is -2.12. The van der Waals surface area contributed by atoms with Crippen LogP contribution in [0.4, 0.5) is 8.78 Å². The van der Waals surface area contributed by atoms with Gasteiger partial charge in [0.1, 0.15) is 11.6 Å². The largest absolute Gasteiger partial charge is 0.309 e. The first-order chi connectivity index (χ1) is 8.65. The zero-order valence-corrected chi connectivity index (χ0v) is 10.2. The molecule has 2 aromatic rings. The highest BCUT2D eigenvalue weighted by Gasteiger charge is 1.99. The van der Waals surface area contributed by atoms with Gasteiger partial charge in [-0.3, -0.25) is 0 Å². The molecule has 0 unspecified atom stereocenters. The van der Waals surface area contributed by atoms with Gasteiger partial charge in [0.05, 0.1) is 0 Å². The van der Waals surface area contributed by atoms with Crippen molar-refractivity contribution in [1.82, 2.24) is 5.32 Å². The Bertz CT molecular complexity index is 538. The zero-order valence-electron chi connectivity index (χ0n) is 10.2. The lowest BCUT2D eigenvalue weighted by Gasteiger charge is -2.06. The maximum Gasteiger partial charge on any atom is 0.126 e. The minimum atomic E-state index is -0.230. The molecule has 0 bridgehead atoms. The molecular weight excluding hydrogens is 232 g/mol. The molecule has 3 heteroatoms. The molecule has 2 aromatic carbocycles. The summed E-state index contributed by atoms with van der Waals surface area (Å²) >= 11 is 0. The average Bonchev–Trinajstić information content (AvgIpc) is 2.34. The molecule has 0 aromatic heterocycles. The summed E-state index contributed by atoms with van der Waals surface area (Å²) in [7, 11) is 0. The number of nitrogens with one attached hydrogen (secondary N) is 1. The third-order valence-corrected chi connectivity index (χ3v) is 2.77. The van der Waals surface area contributed by atoms with E-state index in [0.29, 0.717) is 18.7 Å². The highest BCUT2D eigenvalue weighted by atomic mass is 19.1. The molecule has 0 atom stereocenters. The van der Waals surface area contributed by atoms with Gasteiger partial charge in [0.2, 0.25) is 0 Å². The summed E-state index contributed by atoms with van der Waals surface area (Å²) in [5.74, 6) is -0.421. The molecule has 0 saturated heterocycles. The molecule has 0 fully saturated rings. The van der Waals surface area contributed by atoms with Crippen molar-refractivity contribution < 1.29 is 8.78 Å². The number of aryl methyl sites for hydroxylation is 1. The Labute approximate surface area is 105 Å². The van der Waals surface area contributed by atoms with Crippen molar-refractivity contribution in [3.63, 3.8) is 0 Å². The van der Waals surface area contributed by atoms with Crippen molar-refractivity contribution in [1.29, 1.82) is 0 Å². The maximum absolute atomic E-state index is 13.1. The van der Waals surface area contributed by atoms with Crippen LogP contribution < -0.4 is 5.32 Å². The summed E-state index contributed by atoms with van der Waals surface area (Å²) in [5.41, 5.74) is 2.55. The standard InChI is InChI=1S/C15H15F2N/c1-11-7-13(5-6-15(11)17)10-18-9-12-3-2-4-14(16)8-12/h2-8,18H,9-10H2,1H3. The Morgan fingerprint density at radius 2 is 1.67 bits per heavy atom. The van der Waals surface area contributed by atoms with Crippen LogP contribution in [0.15, 0.2) is 42.5 Å². The van der Waals surface area contributed by atoms with Crippen LogP contribution in [-0.2, 0) is 13.1 Å². The fourth-order valence-electron chi connectivity index (χ4n) is 1.81. The molecule has 0 spiro atoms. The van der Waals surface area contributed by atoms with Gasteiger partial charge in [0, 0.05) is 13.1 Å². The highest BCUT2D eigenvalue weighted by Crippen LogP contribution is 2.09.